The van der Waals surface area contributed by atoms with Crippen molar-refractivity contribution in [1.82, 2.24) is 20.3 Å². The second kappa shape index (κ2) is 7.11. The van der Waals surface area contributed by atoms with Crippen molar-refractivity contribution < 1.29 is 4.79 Å². The highest BCUT2D eigenvalue weighted by molar-refractivity contribution is 8.00. The van der Waals surface area contributed by atoms with Crippen LogP contribution in [0.2, 0.25) is 0 Å². The van der Waals surface area contributed by atoms with E-state index in [4.69, 9.17) is 0 Å². The molecule has 1 heterocycles. The van der Waals surface area contributed by atoms with E-state index in [1.807, 2.05) is 81.6 Å². The van der Waals surface area contributed by atoms with Crippen molar-refractivity contribution >= 4 is 28.7 Å². The molecule has 0 aliphatic heterocycles. The van der Waals surface area contributed by atoms with Crippen molar-refractivity contribution in [2.75, 3.05) is 6.26 Å². The molecule has 0 saturated carbocycles. The summed E-state index contributed by atoms with van der Waals surface area (Å²) in [5, 5.41) is 11.8. The third-order valence-electron chi connectivity index (χ3n) is 4.16. The maximum Gasteiger partial charge on any atom is 0.259 e. The van der Waals surface area contributed by atoms with Gasteiger partial charge < -0.3 is 5.32 Å². The maximum absolute atomic E-state index is 13.4. The molecule has 136 valence electrons. The van der Waals surface area contributed by atoms with Crippen molar-refractivity contribution in [3.8, 4) is 0 Å². The van der Waals surface area contributed by atoms with Gasteiger partial charge in [-0.25, -0.2) is 4.68 Å². The highest BCUT2D eigenvalue weighted by Crippen LogP contribution is 2.35. The molecule has 1 N–H and O–H groups in total. The molecular weight excluding hydrogens is 344 g/mol. The summed E-state index contributed by atoms with van der Waals surface area (Å²) in [6.45, 7) is 5.95. The average molecular weight is 369 g/mol. The first kappa shape index (κ1) is 18.5. The van der Waals surface area contributed by atoms with Crippen LogP contribution in [-0.4, -0.2) is 32.7 Å². The van der Waals surface area contributed by atoms with E-state index in [-0.39, 0.29) is 11.4 Å². The maximum atomic E-state index is 13.4. The van der Waals surface area contributed by atoms with E-state index < -0.39 is 4.87 Å². The molecule has 0 saturated heterocycles. The Kier molecular flexibility index (Phi) is 5.05. The molecule has 0 aliphatic rings. The number of benzene rings is 2. The van der Waals surface area contributed by atoms with Crippen molar-refractivity contribution in [1.29, 1.82) is 0 Å². The molecule has 1 aromatic heterocycles. The first-order chi connectivity index (χ1) is 12.4. The monoisotopic (exact) mass is 368 g/mol. The lowest BCUT2D eigenvalue weighted by Gasteiger charge is -2.34. The van der Waals surface area contributed by atoms with E-state index in [2.05, 4.69) is 15.6 Å². The molecule has 2 aromatic carbocycles. The van der Waals surface area contributed by atoms with Gasteiger partial charge in [-0.2, -0.15) is 0 Å². The van der Waals surface area contributed by atoms with E-state index in [1.165, 1.54) is 11.8 Å². The number of fused-ring (bicyclic) bond motifs is 1. The predicted octanol–water partition coefficient (Wildman–Crippen LogP) is 3.60. The second-order valence-electron chi connectivity index (χ2n) is 7.34. The Morgan fingerprint density at radius 1 is 1.08 bits per heavy atom. The summed E-state index contributed by atoms with van der Waals surface area (Å²) < 4.78 is 1.76. The fourth-order valence-corrected chi connectivity index (χ4v) is 3.80. The highest BCUT2D eigenvalue weighted by Gasteiger charge is 2.43. The standard InChI is InChI=1S/C20H24N4OS/c1-19(2,3)21-18(25)20(26-4,14-15-10-6-5-7-11-15)24-17-13-9-8-12-16(17)22-23-24/h5-13H,14H2,1-4H3,(H,21,25). The van der Waals surface area contributed by atoms with Gasteiger partial charge in [0.05, 0.1) is 5.52 Å². The number of amides is 1. The summed E-state index contributed by atoms with van der Waals surface area (Å²) in [5.74, 6) is -0.0722. The summed E-state index contributed by atoms with van der Waals surface area (Å²) in [7, 11) is 0. The molecule has 5 nitrogen and oxygen atoms in total. The van der Waals surface area contributed by atoms with Crippen LogP contribution in [0.3, 0.4) is 0 Å². The van der Waals surface area contributed by atoms with Crippen molar-refractivity contribution in [2.45, 2.75) is 37.6 Å². The van der Waals surface area contributed by atoms with E-state index in [1.54, 1.807) is 4.68 Å². The van der Waals surface area contributed by atoms with Gasteiger partial charge in [-0.3, -0.25) is 4.79 Å². The fourth-order valence-electron chi connectivity index (χ4n) is 2.95. The van der Waals surface area contributed by atoms with Crippen molar-refractivity contribution in [3.63, 3.8) is 0 Å². The van der Waals surface area contributed by atoms with E-state index in [0.29, 0.717) is 6.42 Å². The van der Waals surface area contributed by atoms with Gasteiger partial charge in [-0.15, -0.1) is 16.9 Å². The van der Waals surface area contributed by atoms with Crippen LogP contribution in [0.5, 0.6) is 0 Å². The highest BCUT2D eigenvalue weighted by atomic mass is 32.2. The molecule has 0 fully saturated rings. The molecule has 6 heteroatoms. The lowest BCUT2D eigenvalue weighted by Crippen LogP contribution is -2.53. The second-order valence-corrected chi connectivity index (χ2v) is 8.43. The summed E-state index contributed by atoms with van der Waals surface area (Å²) in [6.07, 6.45) is 2.46. The third kappa shape index (κ3) is 3.60. The van der Waals surface area contributed by atoms with Crippen LogP contribution in [0.25, 0.3) is 11.0 Å². The van der Waals surface area contributed by atoms with Crippen LogP contribution < -0.4 is 5.32 Å². The first-order valence-corrected chi connectivity index (χ1v) is 9.81. The first-order valence-electron chi connectivity index (χ1n) is 8.58. The van der Waals surface area contributed by atoms with Gasteiger partial charge in [-0.1, -0.05) is 47.7 Å². The van der Waals surface area contributed by atoms with Crippen molar-refractivity contribution in [2.24, 2.45) is 0 Å². The van der Waals surface area contributed by atoms with Crippen LogP contribution in [0, 0.1) is 0 Å². The minimum atomic E-state index is -0.926. The minimum Gasteiger partial charge on any atom is -0.349 e. The summed E-state index contributed by atoms with van der Waals surface area (Å²) in [5.41, 5.74) is 2.36. The minimum absolute atomic E-state index is 0.0722. The number of hydrogen-bond donors (Lipinski definition) is 1. The topological polar surface area (TPSA) is 59.8 Å². The smallest absolute Gasteiger partial charge is 0.259 e. The number of carbonyl (C=O) groups is 1. The number of nitrogens with one attached hydrogen (secondary N) is 1. The van der Waals surface area contributed by atoms with E-state index in [0.717, 1.165) is 16.6 Å². The Labute approximate surface area is 158 Å². The molecule has 0 spiro atoms. The number of nitrogens with zero attached hydrogens (tertiary/aromatic N) is 3. The molecule has 3 rings (SSSR count). The molecule has 3 aromatic rings. The number of hydrogen-bond acceptors (Lipinski definition) is 4. The van der Waals surface area contributed by atoms with Crippen LogP contribution in [0.4, 0.5) is 0 Å². The van der Waals surface area contributed by atoms with Gasteiger partial charge in [0.1, 0.15) is 5.52 Å². The number of rotatable bonds is 5. The van der Waals surface area contributed by atoms with Gasteiger partial charge in [0, 0.05) is 12.0 Å². The number of aromatic nitrogens is 3. The van der Waals surface area contributed by atoms with Crippen molar-refractivity contribution in [3.05, 3.63) is 60.2 Å². The molecule has 1 unspecified atom stereocenters. The Hall–Kier alpha value is -2.34. The molecule has 1 atom stereocenters. The Morgan fingerprint density at radius 2 is 1.73 bits per heavy atom. The fraction of sp³-hybridized carbons (Fsp3) is 0.350. The molecule has 0 bridgehead atoms. The van der Waals surface area contributed by atoms with E-state index in [9.17, 15) is 4.79 Å². The van der Waals surface area contributed by atoms with Crippen LogP contribution in [0.1, 0.15) is 26.3 Å². The molecule has 0 aliphatic carbocycles. The Balaban J connectivity index is 2.15. The SMILES string of the molecule is CSC(Cc1ccccc1)(C(=O)NC(C)(C)C)n1nnc2ccccc21. The van der Waals surface area contributed by atoms with Gasteiger partial charge in [0.25, 0.3) is 5.91 Å². The normalized spacial score (nSPS) is 14.2. The third-order valence-corrected chi connectivity index (χ3v) is 5.34. The zero-order valence-electron chi connectivity index (χ0n) is 15.6. The number of carbonyl (C=O) groups excluding carboxylic acids is 1. The van der Waals surface area contributed by atoms with Crippen LogP contribution in [0.15, 0.2) is 54.6 Å². The lowest BCUT2D eigenvalue weighted by atomic mass is 10.0. The summed E-state index contributed by atoms with van der Waals surface area (Å²) >= 11 is 1.48. The molecule has 0 radical (unpaired) electrons. The zero-order chi connectivity index (χ0) is 18.8. The van der Waals surface area contributed by atoms with Crippen LogP contribution >= 0.6 is 11.8 Å². The summed E-state index contributed by atoms with van der Waals surface area (Å²) in [4.78, 5) is 12.5. The predicted molar refractivity (Wildman–Crippen MR) is 107 cm³/mol. The molecule has 1 amide bonds. The zero-order valence-corrected chi connectivity index (χ0v) is 16.4. The summed E-state index contributed by atoms with van der Waals surface area (Å²) in [6, 6.07) is 17.8. The lowest BCUT2D eigenvalue weighted by molar-refractivity contribution is -0.127. The van der Waals surface area contributed by atoms with Crippen LogP contribution in [-0.2, 0) is 16.1 Å². The molecular formula is C20H24N4OS. The quantitative estimate of drug-likeness (QED) is 0.747. The number of thioether (sulfide) groups is 1. The van der Waals surface area contributed by atoms with Gasteiger partial charge >= 0.3 is 0 Å². The van der Waals surface area contributed by atoms with E-state index >= 15 is 0 Å². The Bertz CT molecular complexity index is 901. The van der Waals surface area contributed by atoms with Gasteiger partial charge in [-0.05, 0) is 44.7 Å². The van der Waals surface area contributed by atoms with Gasteiger partial charge in [0.15, 0.2) is 4.87 Å². The number of para-hydroxylation sites is 1. The largest absolute Gasteiger partial charge is 0.349 e. The Morgan fingerprint density at radius 3 is 2.38 bits per heavy atom. The van der Waals surface area contributed by atoms with Gasteiger partial charge in [0.2, 0.25) is 0 Å². The average Bonchev–Trinajstić information content (AvgIpc) is 3.03. The molecule has 26 heavy (non-hydrogen) atoms.